The Kier molecular flexibility index (Phi) is 31.1. The topological polar surface area (TPSA) is 0 Å². The molecule has 0 aliphatic rings. The molecule has 0 aliphatic heterocycles. The molecule has 1 rings (SSSR count). The molecular weight excluding hydrogens is 590 g/mol. The molecule has 0 atom stereocenters. The van der Waals surface area contributed by atoms with Gasteiger partial charge >= 0.3 is 0 Å². The summed E-state index contributed by atoms with van der Waals surface area (Å²) >= 11 is 0. The Morgan fingerprint density at radius 1 is 0.426 bits per heavy atom. The molecule has 1 aromatic rings. The summed E-state index contributed by atoms with van der Waals surface area (Å²) in [6.45, 7) is 10.9. The fourth-order valence-corrected chi connectivity index (χ4v) is 7.51. The van der Waals surface area contributed by atoms with Gasteiger partial charge in [-0.15, -0.1) is 0 Å². The second-order valence-corrected chi connectivity index (χ2v) is 16.3. The number of nitrogens with zero attached hydrogens (tertiary/aromatic N) is 1. The van der Waals surface area contributed by atoms with Gasteiger partial charge in [0, 0.05) is 5.56 Å². The number of hydrogen-bond acceptors (Lipinski definition) is 0. The van der Waals surface area contributed by atoms with E-state index in [0.717, 1.165) is 4.48 Å². The van der Waals surface area contributed by atoms with E-state index in [1.807, 2.05) is 0 Å². The van der Waals surface area contributed by atoms with E-state index in [-0.39, 0.29) is 17.9 Å². The zero-order chi connectivity index (χ0) is 33.6. The zero-order valence-corrected chi connectivity index (χ0v) is 34.0. The number of halogens is 1. The molecule has 0 amide bonds. The largest absolute Gasteiger partial charge is 1.00 e. The third kappa shape index (κ3) is 23.5. The van der Waals surface area contributed by atoms with Crippen LogP contribution in [0.2, 0.25) is 0 Å². The lowest BCUT2D eigenvalue weighted by Crippen LogP contribution is -3.00. The van der Waals surface area contributed by atoms with Gasteiger partial charge in [0.15, 0.2) is 0 Å². The van der Waals surface area contributed by atoms with Crippen LogP contribution in [-0.2, 0) is 12.0 Å². The summed E-state index contributed by atoms with van der Waals surface area (Å²) in [5.74, 6) is 0. The third-order valence-electron chi connectivity index (χ3n) is 11.6. The molecule has 0 spiro atoms. The molecule has 0 fully saturated rings. The van der Waals surface area contributed by atoms with Crippen LogP contribution in [0.5, 0.6) is 0 Å². The highest BCUT2D eigenvalue weighted by Crippen LogP contribution is 2.35. The minimum atomic E-state index is 0. The van der Waals surface area contributed by atoms with Crippen LogP contribution in [0.1, 0.15) is 231 Å². The van der Waals surface area contributed by atoms with Crippen LogP contribution in [-0.4, -0.2) is 25.1 Å². The van der Waals surface area contributed by atoms with E-state index >= 15 is 0 Å². The second kappa shape index (κ2) is 31.5. The summed E-state index contributed by atoms with van der Waals surface area (Å²) in [5.41, 5.74) is 3.33. The second-order valence-electron chi connectivity index (χ2n) is 16.3. The van der Waals surface area contributed by atoms with Gasteiger partial charge in [-0.25, -0.2) is 0 Å². The van der Waals surface area contributed by atoms with Gasteiger partial charge in [0.2, 0.25) is 0 Å². The molecule has 0 saturated carbocycles. The van der Waals surface area contributed by atoms with Crippen LogP contribution in [0.3, 0.4) is 0 Å². The molecule has 0 unspecified atom stereocenters. The van der Waals surface area contributed by atoms with E-state index in [2.05, 4.69) is 66.1 Å². The van der Waals surface area contributed by atoms with Crippen molar-refractivity contribution in [3.63, 3.8) is 0 Å². The van der Waals surface area contributed by atoms with E-state index in [4.69, 9.17) is 0 Å². The van der Waals surface area contributed by atoms with E-state index < -0.39 is 0 Å². The lowest BCUT2D eigenvalue weighted by molar-refractivity contribution is -0.945. The first-order chi connectivity index (χ1) is 22.4. The molecule has 1 aromatic carbocycles. The van der Waals surface area contributed by atoms with E-state index in [1.165, 1.54) is 206 Å². The SMILES string of the molecule is CCCCCCCCCCCCCCCCCCc1ccccc1C(C)(C)[N+](C)(C)CCCCCCCCCCCCCCCC.[Cl-]. The number of hydrogen-bond donors (Lipinski definition) is 0. The molecule has 0 saturated heterocycles. The predicted molar refractivity (Wildman–Crippen MR) is 210 cm³/mol. The van der Waals surface area contributed by atoms with E-state index in [0.29, 0.717) is 0 Å². The monoisotopic (exact) mass is 676 g/mol. The standard InChI is InChI=1S/C45H86N.ClH/c1-7-9-11-13-15-17-19-21-23-24-25-27-29-31-33-35-39-43-40-36-37-41-44(43)45(3,4)46(5,6)42-38-34-32-30-28-26-22-20-18-16-14-12-10-8-2;/h36-37,40-41H,7-35,38-39,42H2,1-6H3;1H/q+1;/p-1. The smallest absolute Gasteiger partial charge is 0.119 e. The summed E-state index contributed by atoms with van der Waals surface area (Å²) in [5, 5.41) is 0. The summed E-state index contributed by atoms with van der Waals surface area (Å²) in [6, 6.07) is 9.41. The molecule has 1 nitrogen and oxygen atoms in total. The Labute approximate surface area is 304 Å². The van der Waals surface area contributed by atoms with Gasteiger partial charge in [0.25, 0.3) is 0 Å². The number of quaternary nitrogens is 1. The Morgan fingerprint density at radius 3 is 1.09 bits per heavy atom. The first kappa shape index (κ1) is 46.5. The van der Waals surface area contributed by atoms with Gasteiger partial charge in [0.05, 0.1) is 20.6 Å². The summed E-state index contributed by atoms with van der Waals surface area (Å²) in [7, 11) is 4.96. The maximum Gasteiger partial charge on any atom is 0.119 e. The van der Waals surface area contributed by atoms with Crippen molar-refractivity contribution < 1.29 is 16.9 Å². The number of unbranched alkanes of at least 4 members (excludes halogenated alkanes) is 28. The lowest BCUT2D eigenvalue weighted by Gasteiger charge is -2.46. The van der Waals surface area contributed by atoms with Crippen LogP contribution in [0, 0.1) is 0 Å². The average Bonchev–Trinajstić information content (AvgIpc) is 3.04. The van der Waals surface area contributed by atoms with E-state index in [9.17, 15) is 0 Å². The fourth-order valence-electron chi connectivity index (χ4n) is 7.51. The minimum absolute atomic E-state index is 0. The van der Waals surface area contributed by atoms with Crippen molar-refractivity contribution in [2.45, 2.75) is 232 Å². The molecule has 2 heteroatoms. The van der Waals surface area contributed by atoms with Gasteiger partial charge in [-0.1, -0.05) is 211 Å². The van der Waals surface area contributed by atoms with Crippen molar-refractivity contribution in [2.24, 2.45) is 0 Å². The molecule has 0 heterocycles. The van der Waals surface area contributed by atoms with Crippen LogP contribution in [0.4, 0.5) is 0 Å². The van der Waals surface area contributed by atoms with Crippen LogP contribution in [0.25, 0.3) is 0 Å². The Hall–Kier alpha value is -0.530. The van der Waals surface area contributed by atoms with Gasteiger partial charge in [-0.2, -0.15) is 0 Å². The van der Waals surface area contributed by atoms with Crippen molar-refractivity contribution in [1.29, 1.82) is 0 Å². The van der Waals surface area contributed by atoms with Crippen molar-refractivity contribution >= 4 is 0 Å². The minimum Gasteiger partial charge on any atom is -1.00 e. The first-order valence-corrected chi connectivity index (χ1v) is 21.3. The quantitative estimate of drug-likeness (QED) is 0.0504. The number of rotatable bonds is 34. The highest BCUT2D eigenvalue weighted by atomic mass is 35.5. The molecule has 0 radical (unpaired) electrons. The molecule has 278 valence electrons. The molecule has 0 aromatic heterocycles. The van der Waals surface area contributed by atoms with Crippen LogP contribution < -0.4 is 12.4 Å². The predicted octanol–water partition coefficient (Wildman–Crippen LogP) is 12.3. The number of benzene rings is 1. The zero-order valence-electron chi connectivity index (χ0n) is 33.3. The van der Waals surface area contributed by atoms with Crippen molar-refractivity contribution in [1.82, 2.24) is 0 Å². The van der Waals surface area contributed by atoms with Crippen LogP contribution >= 0.6 is 0 Å². The Balaban J connectivity index is 0.0000212. The van der Waals surface area contributed by atoms with Gasteiger partial charge in [-0.05, 0) is 45.1 Å². The van der Waals surface area contributed by atoms with Crippen molar-refractivity contribution in [3.05, 3.63) is 35.4 Å². The Morgan fingerprint density at radius 2 is 0.723 bits per heavy atom. The molecule has 0 aliphatic carbocycles. The maximum absolute atomic E-state index is 2.50. The van der Waals surface area contributed by atoms with Gasteiger partial charge in [-0.3, -0.25) is 0 Å². The van der Waals surface area contributed by atoms with Crippen molar-refractivity contribution in [2.75, 3.05) is 20.6 Å². The molecular formula is C45H86ClN. The van der Waals surface area contributed by atoms with Gasteiger partial charge in [0.1, 0.15) is 5.54 Å². The lowest BCUT2D eigenvalue weighted by atomic mass is 9.84. The number of aryl methyl sites for hydroxylation is 1. The third-order valence-corrected chi connectivity index (χ3v) is 11.6. The molecule has 47 heavy (non-hydrogen) atoms. The molecule has 0 N–H and O–H groups in total. The summed E-state index contributed by atoms with van der Waals surface area (Å²) in [4.78, 5) is 0. The average molecular weight is 677 g/mol. The highest BCUT2D eigenvalue weighted by Gasteiger charge is 2.39. The summed E-state index contributed by atoms with van der Waals surface area (Å²) in [6.07, 6.45) is 44.4. The van der Waals surface area contributed by atoms with Crippen molar-refractivity contribution in [3.8, 4) is 0 Å². The maximum atomic E-state index is 2.50. The molecule has 0 bridgehead atoms. The van der Waals surface area contributed by atoms with E-state index in [1.54, 1.807) is 11.1 Å². The highest BCUT2D eigenvalue weighted by molar-refractivity contribution is 5.31. The first-order valence-electron chi connectivity index (χ1n) is 21.3. The Bertz CT molecular complexity index is 784. The van der Waals surface area contributed by atoms with Gasteiger partial charge < -0.3 is 16.9 Å². The van der Waals surface area contributed by atoms with Crippen LogP contribution in [0.15, 0.2) is 24.3 Å². The normalized spacial score (nSPS) is 12.0. The summed E-state index contributed by atoms with van der Waals surface area (Å²) < 4.78 is 1.08. The fraction of sp³-hybridized carbons (Fsp3) is 0.867.